The fraction of sp³-hybridized carbons (Fsp3) is 0.615. The van der Waals surface area contributed by atoms with E-state index in [1.54, 1.807) is 6.20 Å². The van der Waals surface area contributed by atoms with E-state index in [9.17, 15) is 4.79 Å². The fourth-order valence-electron chi connectivity index (χ4n) is 2.33. The quantitative estimate of drug-likeness (QED) is 0.860. The van der Waals surface area contributed by atoms with E-state index >= 15 is 0 Å². The monoisotopic (exact) mass is 248 g/mol. The zero-order valence-electron chi connectivity index (χ0n) is 11.0. The van der Waals surface area contributed by atoms with Crippen LogP contribution in [-0.2, 0) is 11.3 Å². The Kier molecular flexibility index (Phi) is 4.25. The molecule has 1 fully saturated rings. The van der Waals surface area contributed by atoms with Gasteiger partial charge in [0.1, 0.15) is 6.33 Å². The van der Waals surface area contributed by atoms with Gasteiger partial charge in [-0.25, -0.2) is 9.97 Å². The smallest absolute Gasteiger partial charge is 0.240 e. The van der Waals surface area contributed by atoms with E-state index in [4.69, 9.17) is 0 Å². The molecule has 5 nitrogen and oxygen atoms in total. The molecule has 5 heteroatoms. The average molecular weight is 248 g/mol. The maximum atomic E-state index is 12.3. The number of nitrogens with zero attached hydrogens (tertiary/aromatic N) is 3. The van der Waals surface area contributed by atoms with E-state index in [1.807, 2.05) is 18.0 Å². The Morgan fingerprint density at radius 2 is 2.39 bits per heavy atom. The topological polar surface area (TPSA) is 58.1 Å². The lowest BCUT2D eigenvalue weighted by molar-refractivity contribution is -0.133. The first kappa shape index (κ1) is 13.0. The Labute approximate surface area is 108 Å². The molecule has 0 aliphatic carbocycles. The van der Waals surface area contributed by atoms with Crippen LogP contribution in [0.15, 0.2) is 18.6 Å². The second-order valence-electron chi connectivity index (χ2n) is 4.93. The van der Waals surface area contributed by atoms with Crippen molar-refractivity contribution in [3.05, 3.63) is 24.3 Å². The Balaban J connectivity index is 2.09. The number of rotatable bonds is 3. The SMILES string of the molecule is CNC1CC(C)CCN(Cc2ccncn2)C1=O. The van der Waals surface area contributed by atoms with Gasteiger partial charge in [-0.2, -0.15) is 0 Å². The number of amides is 1. The van der Waals surface area contributed by atoms with Crippen LogP contribution in [0.2, 0.25) is 0 Å². The molecule has 2 unspecified atom stereocenters. The summed E-state index contributed by atoms with van der Waals surface area (Å²) in [7, 11) is 1.85. The highest BCUT2D eigenvalue weighted by atomic mass is 16.2. The molecular weight excluding hydrogens is 228 g/mol. The molecule has 0 aromatic carbocycles. The molecule has 1 saturated heterocycles. The summed E-state index contributed by atoms with van der Waals surface area (Å²) in [5.74, 6) is 0.752. The van der Waals surface area contributed by atoms with Crippen molar-refractivity contribution in [2.24, 2.45) is 5.92 Å². The highest BCUT2D eigenvalue weighted by Crippen LogP contribution is 2.19. The van der Waals surface area contributed by atoms with E-state index in [0.29, 0.717) is 12.5 Å². The van der Waals surface area contributed by atoms with Crippen molar-refractivity contribution in [2.45, 2.75) is 32.4 Å². The minimum absolute atomic E-state index is 0.0654. The van der Waals surface area contributed by atoms with Gasteiger partial charge in [0.2, 0.25) is 5.91 Å². The molecule has 1 aromatic rings. The molecule has 2 atom stereocenters. The number of nitrogens with one attached hydrogen (secondary N) is 1. The molecule has 2 rings (SSSR count). The normalized spacial score (nSPS) is 25.0. The van der Waals surface area contributed by atoms with Gasteiger partial charge < -0.3 is 10.2 Å². The summed E-state index contributed by atoms with van der Waals surface area (Å²) >= 11 is 0. The number of hydrogen-bond donors (Lipinski definition) is 1. The molecule has 18 heavy (non-hydrogen) atoms. The van der Waals surface area contributed by atoms with E-state index in [0.717, 1.165) is 25.1 Å². The third-order valence-corrected chi connectivity index (χ3v) is 3.48. The number of aromatic nitrogens is 2. The lowest BCUT2D eigenvalue weighted by atomic mass is 10.0. The van der Waals surface area contributed by atoms with E-state index in [2.05, 4.69) is 22.2 Å². The Morgan fingerprint density at radius 1 is 1.56 bits per heavy atom. The number of hydrogen-bond acceptors (Lipinski definition) is 4. The van der Waals surface area contributed by atoms with Gasteiger partial charge >= 0.3 is 0 Å². The predicted octanol–water partition coefficient (Wildman–Crippen LogP) is 0.823. The summed E-state index contributed by atoms with van der Waals surface area (Å²) in [6, 6.07) is 1.79. The molecule has 1 aliphatic heterocycles. The van der Waals surface area contributed by atoms with Crippen molar-refractivity contribution in [1.29, 1.82) is 0 Å². The maximum Gasteiger partial charge on any atom is 0.240 e. The molecule has 2 heterocycles. The van der Waals surface area contributed by atoms with E-state index in [1.165, 1.54) is 6.33 Å². The largest absolute Gasteiger partial charge is 0.335 e. The van der Waals surface area contributed by atoms with Crippen LogP contribution in [0.25, 0.3) is 0 Å². The maximum absolute atomic E-state index is 12.3. The summed E-state index contributed by atoms with van der Waals surface area (Å²) in [5, 5.41) is 3.12. The van der Waals surface area contributed by atoms with Crippen molar-refractivity contribution in [2.75, 3.05) is 13.6 Å². The van der Waals surface area contributed by atoms with Crippen LogP contribution in [-0.4, -0.2) is 40.4 Å². The molecule has 0 spiro atoms. The van der Waals surface area contributed by atoms with Gasteiger partial charge in [-0.3, -0.25) is 4.79 Å². The predicted molar refractivity (Wildman–Crippen MR) is 68.7 cm³/mol. The van der Waals surface area contributed by atoms with Crippen LogP contribution < -0.4 is 5.32 Å². The van der Waals surface area contributed by atoms with Gasteiger partial charge in [-0.15, -0.1) is 0 Å². The molecule has 1 N–H and O–H groups in total. The number of carbonyl (C=O) groups excluding carboxylic acids is 1. The van der Waals surface area contributed by atoms with Crippen LogP contribution in [0, 0.1) is 5.92 Å². The number of carbonyl (C=O) groups is 1. The van der Waals surface area contributed by atoms with Crippen molar-refractivity contribution in [3.8, 4) is 0 Å². The van der Waals surface area contributed by atoms with Crippen LogP contribution >= 0.6 is 0 Å². The first-order chi connectivity index (χ1) is 8.70. The number of likely N-dealkylation sites (N-methyl/N-ethyl adjacent to an activating group) is 1. The van der Waals surface area contributed by atoms with Crippen LogP contribution in [0.5, 0.6) is 0 Å². The molecule has 1 aliphatic rings. The summed E-state index contributed by atoms with van der Waals surface area (Å²) in [4.78, 5) is 22.3. The molecule has 1 aromatic heterocycles. The van der Waals surface area contributed by atoms with Crippen LogP contribution in [0.3, 0.4) is 0 Å². The molecule has 0 bridgehead atoms. The van der Waals surface area contributed by atoms with Crippen molar-refractivity contribution in [1.82, 2.24) is 20.2 Å². The van der Waals surface area contributed by atoms with Gasteiger partial charge in [0.05, 0.1) is 18.3 Å². The standard InChI is InChI=1S/C13H20N4O/c1-10-4-6-17(13(18)12(7-10)14-2)8-11-3-5-15-9-16-11/h3,5,9-10,12,14H,4,6-8H2,1-2H3. The summed E-state index contributed by atoms with van der Waals surface area (Å²) in [6.45, 7) is 3.58. The Morgan fingerprint density at radius 3 is 3.06 bits per heavy atom. The third-order valence-electron chi connectivity index (χ3n) is 3.48. The zero-order valence-corrected chi connectivity index (χ0v) is 11.0. The van der Waals surface area contributed by atoms with Gasteiger partial charge in [0.15, 0.2) is 0 Å². The lowest BCUT2D eigenvalue weighted by Gasteiger charge is -2.23. The zero-order chi connectivity index (χ0) is 13.0. The summed E-state index contributed by atoms with van der Waals surface area (Å²) in [6.07, 6.45) is 5.20. The molecule has 98 valence electrons. The van der Waals surface area contributed by atoms with E-state index < -0.39 is 0 Å². The Hall–Kier alpha value is -1.49. The molecule has 1 amide bonds. The minimum atomic E-state index is -0.0654. The van der Waals surface area contributed by atoms with Crippen LogP contribution in [0.4, 0.5) is 0 Å². The Bertz CT molecular complexity index is 395. The first-order valence-corrected chi connectivity index (χ1v) is 6.41. The second-order valence-corrected chi connectivity index (χ2v) is 4.93. The lowest BCUT2D eigenvalue weighted by Crippen LogP contribution is -2.43. The van der Waals surface area contributed by atoms with Crippen molar-refractivity contribution in [3.63, 3.8) is 0 Å². The first-order valence-electron chi connectivity index (χ1n) is 6.41. The highest BCUT2D eigenvalue weighted by molar-refractivity contribution is 5.82. The van der Waals surface area contributed by atoms with E-state index in [-0.39, 0.29) is 11.9 Å². The van der Waals surface area contributed by atoms with Gasteiger partial charge in [0.25, 0.3) is 0 Å². The third kappa shape index (κ3) is 3.04. The van der Waals surface area contributed by atoms with Gasteiger partial charge in [-0.1, -0.05) is 6.92 Å². The second kappa shape index (κ2) is 5.91. The van der Waals surface area contributed by atoms with Gasteiger partial charge in [-0.05, 0) is 31.9 Å². The average Bonchev–Trinajstić information content (AvgIpc) is 2.53. The van der Waals surface area contributed by atoms with Crippen LogP contribution in [0.1, 0.15) is 25.5 Å². The molecular formula is C13H20N4O. The number of likely N-dealkylation sites (tertiary alicyclic amines) is 1. The van der Waals surface area contributed by atoms with Crippen molar-refractivity contribution >= 4 is 5.91 Å². The summed E-state index contributed by atoms with van der Waals surface area (Å²) in [5.41, 5.74) is 0.891. The fourth-order valence-corrected chi connectivity index (χ4v) is 2.33. The molecule has 0 radical (unpaired) electrons. The minimum Gasteiger partial charge on any atom is -0.335 e. The highest BCUT2D eigenvalue weighted by Gasteiger charge is 2.28. The molecule has 0 saturated carbocycles. The summed E-state index contributed by atoms with van der Waals surface area (Å²) < 4.78 is 0. The van der Waals surface area contributed by atoms with Gasteiger partial charge in [0, 0.05) is 12.7 Å². The van der Waals surface area contributed by atoms with Crippen molar-refractivity contribution < 1.29 is 4.79 Å².